The zero-order valence-corrected chi connectivity index (χ0v) is 10.7. The van der Waals surface area contributed by atoms with Gasteiger partial charge in [-0.25, -0.2) is 0 Å². The van der Waals surface area contributed by atoms with Gasteiger partial charge in [-0.1, -0.05) is 11.6 Å². The summed E-state index contributed by atoms with van der Waals surface area (Å²) in [7, 11) is 4.47. The van der Waals surface area contributed by atoms with Crippen molar-refractivity contribution < 1.29 is 19.3 Å². The van der Waals surface area contributed by atoms with Crippen LogP contribution in [0.5, 0.6) is 17.2 Å². The highest BCUT2D eigenvalue weighted by atomic mass is 35.5. The molecule has 0 amide bonds. The Morgan fingerprint density at radius 3 is 2.24 bits per heavy atom. The Morgan fingerprint density at radius 1 is 1.24 bits per heavy atom. The molecule has 1 aromatic rings. The van der Waals surface area contributed by atoms with Crippen molar-refractivity contribution >= 4 is 11.6 Å². The van der Waals surface area contributed by atoms with Gasteiger partial charge in [0.25, 0.3) is 0 Å². The van der Waals surface area contributed by atoms with Gasteiger partial charge in [-0.05, 0) is 0 Å². The fourth-order valence-electron chi connectivity index (χ4n) is 1.55. The number of ether oxygens (including phenoxy) is 3. The monoisotopic (exact) mass is 261 g/mol. The molecule has 0 spiro atoms. The summed E-state index contributed by atoms with van der Waals surface area (Å²) in [6, 6.07) is 0.979. The lowest BCUT2D eigenvalue weighted by Gasteiger charge is -2.19. The van der Waals surface area contributed by atoms with Gasteiger partial charge >= 0.3 is 0 Å². The van der Waals surface area contributed by atoms with Crippen molar-refractivity contribution in [1.82, 2.24) is 0 Å². The first-order valence-electron chi connectivity index (χ1n) is 4.95. The van der Waals surface area contributed by atoms with E-state index in [-0.39, 0.29) is 11.6 Å². The summed E-state index contributed by atoms with van der Waals surface area (Å²) in [5, 5.41) is 9.39. The Kier molecular flexibility index (Phi) is 4.86. The van der Waals surface area contributed by atoms with Crippen LogP contribution in [0.4, 0.5) is 0 Å². The summed E-state index contributed by atoms with van der Waals surface area (Å²) in [5.41, 5.74) is 6.27. The highest BCUT2D eigenvalue weighted by Crippen LogP contribution is 2.44. The molecule has 0 heterocycles. The van der Waals surface area contributed by atoms with E-state index in [1.54, 1.807) is 6.07 Å². The minimum atomic E-state index is -0.641. The lowest BCUT2D eigenvalue weighted by atomic mass is 10.1. The molecule has 0 radical (unpaired) electrons. The van der Waals surface area contributed by atoms with Crippen molar-refractivity contribution in [3.05, 3.63) is 16.7 Å². The lowest BCUT2D eigenvalue weighted by molar-refractivity contribution is 0.263. The van der Waals surface area contributed by atoms with Gasteiger partial charge in [-0.2, -0.15) is 0 Å². The van der Waals surface area contributed by atoms with Crippen LogP contribution < -0.4 is 19.9 Å². The first kappa shape index (κ1) is 13.9. The summed E-state index contributed by atoms with van der Waals surface area (Å²) >= 11 is 6.17. The number of benzene rings is 1. The smallest absolute Gasteiger partial charge is 0.180 e. The number of hydrogen-bond donors (Lipinski definition) is 2. The quantitative estimate of drug-likeness (QED) is 0.837. The van der Waals surface area contributed by atoms with Crippen molar-refractivity contribution in [2.75, 3.05) is 27.9 Å². The van der Waals surface area contributed by atoms with E-state index in [1.165, 1.54) is 21.3 Å². The van der Waals surface area contributed by atoms with Gasteiger partial charge in [0.1, 0.15) is 5.75 Å². The highest BCUT2D eigenvalue weighted by molar-refractivity contribution is 6.33. The maximum atomic E-state index is 9.11. The Labute approximate surface area is 105 Å². The molecule has 0 bridgehead atoms. The second-order valence-electron chi connectivity index (χ2n) is 3.33. The maximum Gasteiger partial charge on any atom is 0.180 e. The van der Waals surface area contributed by atoms with E-state index in [1.807, 2.05) is 0 Å². The zero-order valence-electron chi connectivity index (χ0n) is 9.99. The molecule has 3 N–H and O–H groups in total. The van der Waals surface area contributed by atoms with E-state index in [0.717, 1.165) is 0 Å². The van der Waals surface area contributed by atoms with Crippen molar-refractivity contribution in [2.24, 2.45) is 5.73 Å². The first-order chi connectivity index (χ1) is 8.10. The average molecular weight is 262 g/mol. The molecule has 0 saturated carbocycles. The van der Waals surface area contributed by atoms with Crippen LogP contribution in [0.25, 0.3) is 0 Å². The number of aliphatic hydroxyl groups is 1. The number of aliphatic hydroxyl groups excluding tert-OH is 1. The first-order valence-corrected chi connectivity index (χ1v) is 5.33. The molecular formula is C11H16ClNO4. The van der Waals surface area contributed by atoms with Crippen LogP contribution in [-0.4, -0.2) is 33.0 Å². The van der Waals surface area contributed by atoms with Crippen LogP contribution >= 0.6 is 11.6 Å². The van der Waals surface area contributed by atoms with E-state index in [9.17, 15) is 0 Å². The van der Waals surface area contributed by atoms with Crippen LogP contribution in [0.15, 0.2) is 6.07 Å². The Morgan fingerprint density at radius 2 is 1.82 bits per heavy atom. The highest BCUT2D eigenvalue weighted by Gasteiger charge is 2.22. The molecule has 0 aliphatic rings. The second kappa shape index (κ2) is 5.95. The van der Waals surface area contributed by atoms with E-state index < -0.39 is 6.04 Å². The molecular weight excluding hydrogens is 246 g/mol. The fourth-order valence-corrected chi connectivity index (χ4v) is 1.95. The third kappa shape index (κ3) is 2.57. The third-order valence-electron chi connectivity index (χ3n) is 2.40. The standard InChI is InChI=1S/C11H16ClNO4/c1-15-7-4-8(16-2)11(17-3)10(12)9(7)6(13)5-14/h4,6,14H,5,13H2,1-3H3. The molecule has 0 aliphatic carbocycles. The third-order valence-corrected chi connectivity index (χ3v) is 2.77. The number of nitrogens with two attached hydrogens (primary N) is 1. The summed E-state index contributed by atoms with van der Waals surface area (Å²) in [5.74, 6) is 1.27. The minimum absolute atomic E-state index is 0.244. The number of hydrogen-bond acceptors (Lipinski definition) is 5. The zero-order chi connectivity index (χ0) is 13.0. The van der Waals surface area contributed by atoms with Crippen LogP contribution in [0.1, 0.15) is 11.6 Å². The fraction of sp³-hybridized carbons (Fsp3) is 0.455. The van der Waals surface area contributed by atoms with Gasteiger partial charge in [-0.3, -0.25) is 0 Å². The largest absolute Gasteiger partial charge is 0.496 e. The van der Waals surface area contributed by atoms with Crippen molar-refractivity contribution in [2.45, 2.75) is 6.04 Å². The molecule has 17 heavy (non-hydrogen) atoms. The maximum absolute atomic E-state index is 9.11. The second-order valence-corrected chi connectivity index (χ2v) is 3.71. The normalized spacial score (nSPS) is 12.1. The minimum Gasteiger partial charge on any atom is -0.496 e. The average Bonchev–Trinajstić information content (AvgIpc) is 2.36. The summed E-state index contributed by atoms with van der Waals surface area (Å²) in [4.78, 5) is 0. The predicted octanol–water partition coefficient (Wildman–Crippen LogP) is 1.36. The molecule has 96 valence electrons. The Balaban J connectivity index is 3.46. The summed E-state index contributed by atoms with van der Waals surface area (Å²) in [6.45, 7) is -0.244. The van der Waals surface area contributed by atoms with Gasteiger partial charge < -0.3 is 25.1 Å². The van der Waals surface area contributed by atoms with E-state index in [2.05, 4.69) is 0 Å². The van der Waals surface area contributed by atoms with E-state index in [4.69, 9.17) is 36.7 Å². The van der Waals surface area contributed by atoms with Gasteiger partial charge in [0.15, 0.2) is 11.5 Å². The molecule has 6 heteroatoms. The van der Waals surface area contributed by atoms with Crippen LogP contribution in [0, 0.1) is 0 Å². The number of rotatable bonds is 5. The van der Waals surface area contributed by atoms with Gasteiger partial charge in [0.2, 0.25) is 0 Å². The molecule has 1 aromatic carbocycles. The topological polar surface area (TPSA) is 73.9 Å². The van der Waals surface area contributed by atoms with Crippen LogP contribution in [0.2, 0.25) is 5.02 Å². The van der Waals surface area contributed by atoms with Gasteiger partial charge in [0.05, 0.1) is 39.0 Å². The van der Waals surface area contributed by atoms with E-state index >= 15 is 0 Å². The summed E-state index contributed by atoms with van der Waals surface area (Å²) < 4.78 is 15.5. The predicted molar refractivity (Wildman–Crippen MR) is 65.1 cm³/mol. The molecule has 0 aromatic heterocycles. The molecule has 5 nitrogen and oxygen atoms in total. The molecule has 1 rings (SSSR count). The molecule has 1 atom stereocenters. The Bertz CT molecular complexity index is 398. The van der Waals surface area contributed by atoms with Gasteiger partial charge in [-0.15, -0.1) is 0 Å². The Hall–Kier alpha value is -1.17. The molecule has 0 aliphatic heterocycles. The molecule has 1 unspecified atom stereocenters. The van der Waals surface area contributed by atoms with E-state index in [0.29, 0.717) is 22.8 Å². The SMILES string of the molecule is COc1cc(OC)c(C(N)CO)c(Cl)c1OC. The van der Waals surface area contributed by atoms with Crippen LogP contribution in [0.3, 0.4) is 0 Å². The number of halogens is 1. The van der Waals surface area contributed by atoms with Gasteiger partial charge in [0, 0.05) is 11.6 Å². The van der Waals surface area contributed by atoms with Crippen molar-refractivity contribution in [3.63, 3.8) is 0 Å². The lowest BCUT2D eigenvalue weighted by Crippen LogP contribution is -2.16. The molecule has 0 saturated heterocycles. The molecule has 0 fully saturated rings. The van der Waals surface area contributed by atoms with Crippen LogP contribution in [-0.2, 0) is 0 Å². The number of methoxy groups -OCH3 is 3. The van der Waals surface area contributed by atoms with Crippen molar-refractivity contribution in [1.29, 1.82) is 0 Å². The van der Waals surface area contributed by atoms with Crippen molar-refractivity contribution in [3.8, 4) is 17.2 Å². The summed E-state index contributed by atoms with van der Waals surface area (Å²) in [6.07, 6.45) is 0.